The molecule has 0 saturated carbocycles. The first-order valence-corrected chi connectivity index (χ1v) is 5.30. The maximum Gasteiger partial charge on any atom is 0.0953 e. The second-order valence-electron chi connectivity index (χ2n) is 3.81. The van der Waals surface area contributed by atoms with Gasteiger partial charge in [-0.05, 0) is 13.0 Å². The van der Waals surface area contributed by atoms with E-state index in [4.69, 9.17) is 5.73 Å². The monoisotopic (exact) mass is 194 g/mol. The van der Waals surface area contributed by atoms with Crippen LogP contribution in [0.15, 0.2) is 6.33 Å². The number of fused-ring (bicyclic) bond motifs is 1. The predicted molar refractivity (Wildman–Crippen MR) is 55.7 cm³/mol. The molecule has 1 aliphatic heterocycles. The number of hydrogen-bond acceptors (Lipinski definition) is 3. The number of aromatic nitrogens is 2. The van der Waals surface area contributed by atoms with Gasteiger partial charge in [-0.25, -0.2) is 4.98 Å². The lowest BCUT2D eigenvalue weighted by molar-refractivity contribution is 0.221. The largest absolute Gasteiger partial charge is 0.332 e. The van der Waals surface area contributed by atoms with Crippen molar-refractivity contribution in [3.8, 4) is 0 Å². The van der Waals surface area contributed by atoms with Gasteiger partial charge in [-0.2, -0.15) is 0 Å². The van der Waals surface area contributed by atoms with Crippen molar-refractivity contribution in [1.29, 1.82) is 0 Å². The second kappa shape index (κ2) is 4.11. The Morgan fingerprint density at radius 2 is 2.36 bits per heavy atom. The van der Waals surface area contributed by atoms with E-state index < -0.39 is 0 Å². The molecule has 1 aromatic rings. The Hall–Kier alpha value is -0.870. The Labute approximate surface area is 84.7 Å². The molecular weight excluding hydrogens is 176 g/mol. The third-order valence-corrected chi connectivity index (χ3v) is 2.80. The Balaban J connectivity index is 2.14. The SMILES string of the molecule is CCCN1CCn2cnc(CN)c2C1. The van der Waals surface area contributed by atoms with E-state index in [0.717, 1.165) is 25.3 Å². The summed E-state index contributed by atoms with van der Waals surface area (Å²) in [4.78, 5) is 6.79. The molecule has 2 N–H and O–H groups in total. The van der Waals surface area contributed by atoms with Gasteiger partial charge in [0.05, 0.1) is 17.7 Å². The van der Waals surface area contributed by atoms with Crippen LogP contribution in [-0.4, -0.2) is 27.5 Å². The summed E-state index contributed by atoms with van der Waals surface area (Å²) in [5.74, 6) is 0. The van der Waals surface area contributed by atoms with Crippen molar-refractivity contribution in [2.75, 3.05) is 13.1 Å². The van der Waals surface area contributed by atoms with Crippen molar-refractivity contribution >= 4 is 0 Å². The van der Waals surface area contributed by atoms with Gasteiger partial charge < -0.3 is 10.3 Å². The summed E-state index contributed by atoms with van der Waals surface area (Å²) in [6.45, 7) is 7.16. The van der Waals surface area contributed by atoms with E-state index in [9.17, 15) is 0 Å². The fourth-order valence-corrected chi connectivity index (χ4v) is 2.04. The molecule has 4 nitrogen and oxygen atoms in total. The number of rotatable bonds is 3. The summed E-state index contributed by atoms with van der Waals surface area (Å²) in [5, 5.41) is 0. The van der Waals surface area contributed by atoms with Crippen LogP contribution in [0.3, 0.4) is 0 Å². The first-order valence-electron chi connectivity index (χ1n) is 5.30. The van der Waals surface area contributed by atoms with Gasteiger partial charge in [-0.15, -0.1) is 0 Å². The second-order valence-corrected chi connectivity index (χ2v) is 3.81. The summed E-state index contributed by atoms with van der Waals surface area (Å²) < 4.78 is 2.23. The first kappa shape index (κ1) is 9.68. The highest BCUT2D eigenvalue weighted by molar-refractivity contribution is 5.14. The molecule has 0 radical (unpaired) electrons. The van der Waals surface area contributed by atoms with E-state index in [2.05, 4.69) is 21.4 Å². The van der Waals surface area contributed by atoms with Crippen molar-refractivity contribution in [3.05, 3.63) is 17.7 Å². The Bertz CT molecular complexity index is 292. The fraction of sp³-hybridized carbons (Fsp3) is 0.700. The van der Waals surface area contributed by atoms with E-state index in [0.29, 0.717) is 6.54 Å². The highest BCUT2D eigenvalue weighted by atomic mass is 15.2. The minimum absolute atomic E-state index is 0.558. The molecule has 78 valence electrons. The topological polar surface area (TPSA) is 47.1 Å². The lowest BCUT2D eigenvalue weighted by atomic mass is 10.2. The molecule has 0 atom stereocenters. The maximum atomic E-state index is 5.64. The van der Waals surface area contributed by atoms with Crippen LogP contribution in [0, 0.1) is 0 Å². The quantitative estimate of drug-likeness (QED) is 0.765. The van der Waals surface area contributed by atoms with E-state index in [1.165, 1.54) is 18.7 Å². The fourth-order valence-electron chi connectivity index (χ4n) is 2.04. The van der Waals surface area contributed by atoms with Gasteiger partial charge in [0.15, 0.2) is 0 Å². The van der Waals surface area contributed by atoms with E-state index in [1.807, 2.05) is 6.33 Å². The molecule has 1 aromatic heterocycles. The summed E-state index contributed by atoms with van der Waals surface area (Å²) in [6, 6.07) is 0. The molecule has 1 aliphatic rings. The molecule has 0 unspecified atom stereocenters. The molecule has 2 rings (SSSR count). The van der Waals surface area contributed by atoms with Crippen molar-refractivity contribution in [3.63, 3.8) is 0 Å². The normalized spacial score (nSPS) is 17.0. The van der Waals surface area contributed by atoms with Crippen LogP contribution in [-0.2, 0) is 19.6 Å². The summed E-state index contributed by atoms with van der Waals surface area (Å²) in [5.41, 5.74) is 8.02. The third kappa shape index (κ3) is 1.67. The zero-order chi connectivity index (χ0) is 9.97. The minimum Gasteiger partial charge on any atom is -0.332 e. The van der Waals surface area contributed by atoms with Gasteiger partial charge in [0, 0.05) is 26.2 Å². The average Bonchev–Trinajstić information content (AvgIpc) is 2.60. The minimum atomic E-state index is 0.558. The Morgan fingerprint density at radius 1 is 1.50 bits per heavy atom. The maximum absolute atomic E-state index is 5.64. The number of nitrogens with two attached hydrogens (primary N) is 1. The van der Waals surface area contributed by atoms with E-state index in [-0.39, 0.29) is 0 Å². The highest BCUT2D eigenvalue weighted by Gasteiger charge is 2.18. The van der Waals surface area contributed by atoms with E-state index in [1.54, 1.807) is 0 Å². The van der Waals surface area contributed by atoms with Crippen LogP contribution >= 0.6 is 0 Å². The average molecular weight is 194 g/mol. The lowest BCUT2D eigenvalue weighted by Crippen LogP contribution is -2.34. The first-order chi connectivity index (χ1) is 6.85. The number of imidazole rings is 1. The van der Waals surface area contributed by atoms with Crippen LogP contribution in [0.25, 0.3) is 0 Å². The molecule has 2 heterocycles. The molecule has 0 saturated heterocycles. The summed E-state index contributed by atoms with van der Waals surface area (Å²) >= 11 is 0. The lowest BCUT2D eigenvalue weighted by Gasteiger charge is -2.28. The van der Waals surface area contributed by atoms with Crippen LogP contribution in [0.2, 0.25) is 0 Å². The zero-order valence-corrected chi connectivity index (χ0v) is 8.74. The van der Waals surface area contributed by atoms with Crippen LogP contribution in [0.4, 0.5) is 0 Å². The van der Waals surface area contributed by atoms with Gasteiger partial charge in [0.25, 0.3) is 0 Å². The standard InChI is InChI=1S/C10H18N4/c1-2-3-13-4-5-14-8-12-9(6-11)10(14)7-13/h8H,2-7,11H2,1H3. The van der Waals surface area contributed by atoms with Crippen LogP contribution in [0.5, 0.6) is 0 Å². The third-order valence-electron chi connectivity index (χ3n) is 2.80. The van der Waals surface area contributed by atoms with Crippen LogP contribution in [0.1, 0.15) is 24.7 Å². The highest BCUT2D eigenvalue weighted by Crippen LogP contribution is 2.15. The zero-order valence-electron chi connectivity index (χ0n) is 8.74. The number of hydrogen-bond donors (Lipinski definition) is 1. The summed E-state index contributed by atoms with van der Waals surface area (Å²) in [7, 11) is 0. The molecule has 4 heteroatoms. The molecule has 0 amide bonds. The van der Waals surface area contributed by atoms with Gasteiger partial charge in [-0.1, -0.05) is 6.92 Å². The van der Waals surface area contributed by atoms with Gasteiger partial charge in [0.2, 0.25) is 0 Å². The van der Waals surface area contributed by atoms with Crippen molar-refractivity contribution in [1.82, 2.24) is 14.5 Å². The van der Waals surface area contributed by atoms with Crippen molar-refractivity contribution in [2.45, 2.75) is 33.0 Å². The molecule has 0 aliphatic carbocycles. The van der Waals surface area contributed by atoms with E-state index >= 15 is 0 Å². The molecule has 0 bridgehead atoms. The van der Waals surface area contributed by atoms with Gasteiger partial charge in [0.1, 0.15) is 0 Å². The Morgan fingerprint density at radius 3 is 3.07 bits per heavy atom. The summed E-state index contributed by atoms with van der Waals surface area (Å²) in [6.07, 6.45) is 3.13. The molecule has 14 heavy (non-hydrogen) atoms. The molecule has 0 spiro atoms. The Kier molecular flexibility index (Phi) is 2.84. The van der Waals surface area contributed by atoms with Gasteiger partial charge >= 0.3 is 0 Å². The molecular formula is C10H18N4. The predicted octanol–water partition coefficient (Wildman–Crippen LogP) is 0.567. The van der Waals surface area contributed by atoms with Crippen molar-refractivity contribution in [2.24, 2.45) is 5.73 Å². The van der Waals surface area contributed by atoms with Crippen molar-refractivity contribution < 1.29 is 0 Å². The molecule has 0 aromatic carbocycles. The number of nitrogens with zero attached hydrogens (tertiary/aromatic N) is 3. The molecule has 0 fully saturated rings. The van der Waals surface area contributed by atoms with Crippen LogP contribution < -0.4 is 5.73 Å². The smallest absolute Gasteiger partial charge is 0.0953 e. The van der Waals surface area contributed by atoms with Gasteiger partial charge in [-0.3, -0.25) is 4.90 Å².